The van der Waals surface area contributed by atoms with E-state index in [0.717, 1.165) is 6.19 Å². The normalized spacial score (nSPS) is 9.90. The molecular weight excluding hydrogens is 162 g/mol. The van der Waals surface area contributed by atoms with Gasteiger partial charge in [-0.3, -0.25) is 10.1 Å². The monoisotopic (exact) mass is 165 g/mol. The van der Waals surface area contributed by atoms with Crippen LogP contribution in [-0.4, -0.2) is 19.2 Å². The van der Waals surface area contributed by atoms with Gasteiger partial charge in [-0.15, -0.1) is 0 Å². The minimum Gasteiger partial charge on any atom is -0.263 e. The first-order valence-corrected chi connectivity index (χ1v) is 3.63. The van der Waals surface area contributed by atoms with Crippen molar-refractivity contribution in [1.29, 1.82) is 5.26 Å². The van der Waals surface area contributed by atoms with Crippen LogP contribution in [0.2, 0.25) is 0 Å². The van der Waals surface area contributed by atoms with Crippen molar-refractivity contribution in [2.45, 2.75) is 0 Å². The summed E-state index contributed by atoms with van der Waals surface area (Å²) in [7, 11) is -4.04. The molecule has 0 aromatic carbocycles. The number of nitrogens with one attached hydrogen (secondary N) is 1. The van der Waals surface area contributed by atoms with Crippen molar-refractivity contribution in [2.24, 2.45) is 0 Å². The highest BCUT2D eigenvalue weighted by atomic mass is 32.2. The van der Waals surface area contributed by atoms with Crippen molar-refractivity contribution < 1.29 is 13.3 Å². The predicted octanol–water partition coefficient (Wildman–Crippen LogP) is -1.38. The van der Waals surface area contributed by atoms with E-state index in [4.69, 9.17) is 5.26 Å². The molecule has 0 aliphatic heterocycles. The molecule has 10 heavy (non-hydrogen) atoms. The second-order valence-electron chi connectivity index (χ2n) is 1.29. The van der Waals surface area contributed by atoms with Crippen LogP contribution >= 0.6 is 0 Å². The molecule has 0 rings (SSSR count). The zero-order valence-electron chi connectivity index (χ0n) is 4.64. The molecule has 0 bridgehead atoms. The minimum atomic E-state index is -4.04. The summed E-state index contributed by atoms with van der Waals surface area (Å²) in [4.78, 5) is 8.52. The van der Waals surface area contributed by atoms with Gasteiger partial charge in [0.25, 0.3) is 0 Å². The maximum Gasteiger partial charge on any atom is 0.320 e. The van der Waals surface area contributed by atoms with Gasteiger partial charge in [-0.05, 0) is 0 Å². The van der Waals surface area contributed by atoms with Crippen molar-refractivity contribution in [3.63, 3.8) is 0 Å². The lowest BCUT2D eigenvalue weighted by Crippen LogP contribution is -2.25. The standard InChI is InChI=1S/C2H3N3O4S/c3-1-4-10(8,9)2-5(6)7/h4H,2H2. The molecule has 0 amide bonds. The third-order valence-corrected chi connectivity index (χ3v) is 1.43. The van der Waals surface area contributed by atoms with Crippen LogP contribution in [0.15, 0.2) is 0 Å². The molecule has 0 saturated carbocycles. The SMILES string of the molecule is N#CNS(=O)(=O)C[N+](=O)[O-]. The number of hydrogen-bond acceptors (Lipinski definition) is 5. The van der Waals surface area contributed by atoms with Gasteiger partial charge in [-0.25, -0.2) is 4.72 Å². The van der Waals surface area contributed by atoms with Gasteiger partial charge in [-0.2, -0.15) is 13.7 Å². The van der Waals surface area contributed by atoms with Crippen molar-refractivity contribution in [2.75, 3.05) is 5.88 Å². The molecule has 7 nitrogen and oxygen atoms in total. The van der Waals surface area contributed by atoms with E-state index in [9.17, 15) is 18.5 Å². The Hall–Kier alpha value is -1.36. The molecular formula is C2H3N3O4S. The molecule has 8 heteroatoms. The van der Waals surface area contributed by atoms with Gasteiger partial charge in [0.1, 0.15) is 0 Å². The summed E-state index contributed by atoms with van der Waals surface area (Å²) in [5, 5.41) is 17.3. The number of sulfonamides is 1. The van der Waals surface area contributed by atoms with Crippen molar-refractivity contribution >= 4 is 10.0 Å². The summed E-state index contributed by atoms with van der Waals surface area (Å²) in [6.45, 7) is 0. The highest BCUT2D eigenvalue weighted by molar-refractivity contribution is 7.89. The Bertz CT molecular complexity index is 261. The molecule has 0 aromatic heterocycles. The molecule has 0 aliphatic carbocycles. The van der Waals surface area contributed by atoms with Crippen LogP contribution < -0.4 is 4.72 Å². The first kappa shape index (κ1) is 8.64. The third-order valence-electron chi connectivity index (χ3n) is 0.477. The quantitative estimate of drug-likeness (QED) is 0.239. The summed E-state index contributed by atoms with van der Waals surface area (Å²) in [6, 6.07) is 0. The maximum atomic E-state index is 10.3. The largest absolute Gasteiger partial charge is 0.320 e. The van der Waals surface area contributed by atoms with Crippen molar-refractivity contribution in [3.05, 3.63) is 10.1 Å². The van der Waals surface area contributed by atoms with E-state index in [1.54, 1.807) is 0 Å². The van der Waals surface area contributed by atoms with Gasteiger partial charge < -0.3 is 0 Å². The minimum absolute atomic E-state index is 1.04. The first-order chi connectivity index (χ1) is 4.48. The van der Waals surface area contributed by atoms with Gasteiger partial charge in [0.2, 0.25) is 0 Å². The lowest BCUT2D eigenvalue weighted by Gasteiger charge is -1.91. The summed E-state index contributed by atoms with van der Waals surface area (Å²) in [6.07, 6.45) is 1.07. The summed E-state index contributed by atoms with van der Waals surface area (Å²) in [5.74, 6) is -1.28. The van der Waals surface area contributed by atoms with Gasteiger partial charge in [0.05, 0.1) is 0 Å². The van der Waals surface area contributed by atoms with Crippen LogP contribution in [0.3, 0.4) is 0 Å². The smallest absolute Gasteiger partial charge is 0.263 e. The Kier molecular flexibility index (Phi) is 2.57. The van der Waals surface area contributed by atoms with Gasteiger partial charge in [-0.1, -0.05) is 0 Å². The summed E-state index contributed by atoms with van der Waals surface area (Å²) >= 11 is 0. The Morgan fingerprint density at radius 1 is 1.70 bits per heavy atom. The lowest BCUT2D eigenvalue weighted by atomic mass is 11.5. The molecule has 0 heterocycles. The summed E-state index contributed by atoms with van der Waals surface area (Å²) < 4.78 is 21.8. The van der Waals surface area contributed by atoms with Crippen LogP contribution in [0, 0.1) is 21.6 Å². The molecule has 0 spiro atoms. The maximum absolute atomic E-state index is 10.3. The zero-order valence-corrected chi connectivity index (χ0v) is 5.46. The Balaban J connectivity index is 4.19. The third kappa shape index (κ3) is 3.62. The lowest BCUT2D eigenvalue weighted by molar-refractivity contribution is -0.458. The highest BCUT2D eigenvalue weighted by Crippen LogP contribution is 1.81. The molecule has 0 saturated heterocycles. The number of hydrogen-bond donors (Lipinski definition) is 1. The molecule has 0 aromatic rings. The first-order valence-electron chi connectivity index (χ1n) is 1.98. The second kappa shape index (κ2) is 2.98. The molecule has 0 unspecified atom stereocenters. The Morgan fingerprint density at radius 2 is 2.20 bits per heavy atom. The average Bonchev–Trinajstić information content (AvgIpc) is 1.59. The highest BCUT2D eigenvalue weighted by Gasteiger charge is 2.15. The average molecular weight is 165 g/mol. The van der Waals surface area contributed by atoms with Crippen LogP contribution in [0.1, 0.15) is 0 Å². The van der Waals surface area contributed by atoms with E-state index in [2.05, 4.69) is 0 Å². The fourth-order valence-electron chi connectivity index (χ4n) is 0.241. The van der Waals surface area contributed by atoms with E-state index < -0.39 is 20.8 Å². The van der Waals surface area contributed by atoms with Crippen molar-refractivity contribution in [3.8, 4) is 6.19 Å². The Labute approximate surface area is 56.5 Å². The molecule has 1 N–H and O–H groups in total. The second-order valence-corrected chi connectivity index (χ2v) is 2.98. The molecule has 0 fully saturated rings. The predicted molar refractivity (Wildman–Crippen MR) is 29.5 cm³/mol. The molecule has 0 radical (unpaired) electrons. The fraction of sp³-hybridized carbons (Fsp3) is 0.500. The van der Waals surface area contributed by atoms with Crippen molar-refractivity contribution in [1.82, 2.24) is 4.72 Å². The number of nitriles is 1. The fourth-order valence-corrected chi connectivity index (χ4v) is 0.722. The topological polar surface area (TPSA) is 113 Å². The molecule has 0 atom stereocenters. The van der Waals surface area contributed by atoms with Gasteiger partial charge in [0, 0.05) is 4.92 Å². The van der Waals surface area contributed by atoms with E-state index in [0.29, 0.717) is 0 Å². The summed E-state index contributed by atoms with van der Waals surface area (Å²) in [5.41, 5.74) is 0. The molecule has 56 valence electrons. The number of rotatable bonds is 3. The van der Waals surface area contributed by atoms with E-state index in [1.807, 2.05) is 0 Å². The van der Waals surface area contributed by atoms with E-state index in [-0.39, 0.29) is 0 Å². The number of nitrogens with zero attached hydrogens (tertiary/aromatic N) is 2. The van der Waals surface area contributed by atoms with Crippen LogP contribution in [0.25, 0.3) is 0 Å². The Morgan fingerprint density at radius 3 is 2.50 bits per heavy atom. The van der Waals surface area contributed by atoms with E-state index in [1.165, 1.54) is 4.72 Å². The van der Waals surface area contributed by atoms with Gasteiger partial charge in [0.15, 0.2) is 6.19 Å². The number of nitro groups is 1. The molecule has 0 aliphatic rings. The van der Waals surface area contributed by atoms with Crippen LogP contribution in [0.4, 0.5) is 0 Å². The van der Waals surface area contributed by atoms with E-state index >= 15 is 0 Å². The van der Waals surface area contributed by atoms with Crippen LogP contribution in [-0.2, 0) is 10.0 Å². The zero-order chi connectivity index (χ0) is 8.20. The van der Waals surface area contributed by atoms with Gasteiger partial charge >= 0.3 is 15.9 Å². The van der Waals surface area contributed by atoms with Crippen LogP contribution in [0.5, 0.6) is 0 Å².